The second kappa shape index (κ2) is 6.13. The predicted octanol–water partition coefficient (Wildman–Crippen LogP) is 1.15. The zero-order valence-corrected chi connectivity index (χ0v) is 12.6. The van der Waals surface area contributed by atoms with E-state index in [2.05, 4.69) is 37.4 Å². The number of hydrogen-bond donors (Lipinski definition) is 1. The number of carbonyl (C=O) groups excluding carboxylic acids is 1. The fourth-order valence-corrected chi connectivity index (χ4v) is 3.02. The third kappa shape index (κ3) is 3.10. The highest BCUT2D eigenvalue weighted by Crippen LogP contribution is 2.26. The van der Waals surface area contributed by atoms with E-state index in [1.54, 1.807) is 0 Å². The minimum Gasteiger partial charge on any atom is -0.376 e. The molecule has 114 valence electrons. The summed E-state index contributed by atoms with van der Waals surface area (Å²) in [5.74, 6) is 0.120. The lowest BCUT2D eigenvalue weighted by molar-refractivity contribution is -0.135. The Morgan fingerprint density at radius 2 is 2.19 bits per heavy atom. The van der Waals surface area contributed by atoms with Crippen molar-refractivity contribution >= 4 is 5.91 Å². The van der Waals surface area contributed by atoms with Gasteiger partial charge in [0.25, 0.3) is 0 Å². The largest absolute Gasteiger partial charge is 0.376 e. The Morgan fingerprint density at radius 1 is 1.33 bits per heavy atom. The highest BCUT2D eigenvalue weighted by molar-refractivity contribution is 5.81. The van der Waals surface area contributed by atoms with Gasteiger partial charge < -0.3 is 14.4 Å². The Morgan fingerprint density at radius 3 is 2.90 bits per heavy atom. The molecule has 5 heteroatoms. The molecule has 21 heavy (non-hydrogen) atoms. The van der Waals surface area contributed by atoms with Gasteiger partial charge in [-0.3, -0.25) is 10.1 Å². The van der Waals surface area contributed by atoms with E-state index in [-0.39, 0.29) is 18.2 Å². The summed E-state index contributed by atoms with van der Waals surface area (Å²) in [7, 11) is 0. The molecule has 2 aliphatic rings. The maximum absolute atomic E-state index is 12.2. The summed E-state index contributed by atoms with van der Waals surface area (Å²) in [6.45, 7) is 6.93. The minimum atomic E-state index is -0.0661. The molecular formula is C16H22N2O3. The van der Waals surface area contributed by atoms with Crippen LogP contribution in [-0.2, 0) is 14.3 Å². The Balaban J connectivity index is 1.78. The van der Waals surface area contributed by atoms with Crippen LogP contribution >= 0.6 is 0 Å². The van der Waals surface area contributed by atoms with Crippen LogP contribution in [0.25, 0.3) is 0 Å². The van der Waals surface area contributed by atoms with E-state index < -0.39 is 0 Å². The van der Waals surface area contributed by atoms with Crippen LogP contribution in [-0.4, -0.2) is 49.8 Å². The van der Waals surface area contributed by atoms with Gasteiger partial charge in [0.15, 0.2) is 0 Å². The summed E-state index contributed by atoms with van der Waals surface area (Å²) in [6.07, 6.45) is -0.0977. The summed E-state index contributed by atoms with van der Waals surface area (Å²) >= 11 is 0. The number of carbonyl (C=O) groups is 1. The first-order valence-electron chi connectivity index (χ1n) is 7.44. The van der Waals surface area contributed by atoms with Gasteiger partial charge in [0, 0.05) is 0 Å². The molecule has 1 amide bonds. The fraction of sp³-hybridized carbons (Fsp3) is 0.562. The molecule has 2 saturated heterocycles. The van der Waals surface area contributed by atoms with E-state index in [9.17, 15) is 4.79 Å². The summed E-state index contributed by atoms with van der Waals surface area (Å²) in [4.78, 5) is 14.0. The Bertz CT molecular complexity index is 526. The number of rotatable bonds is 3. The second-order valence-corrected chi connectivity index (χ2v) is 5.76. The molecule has 1 aromatic carbocycles. The summed E-state index contributed by atoms with van der Waals surface area (Å²) in [5.41, 5.74) is 3.59. The van der Waals surface area contributed by atoms with Gasteiger partial charge in [-0.05, 0) is 25.0 Å². The molecule has 2 aliphatic heterocycles. The fourth-order valence-electron chi connectivity index (χ4n) is 3.02. The van der Waals surface area contributed by atoms with Gasteiger partial charge >= 0.3 is 0 Å². The topological polar surface area (TPSA) is 50.8 Å². The van der Waals surface area contributed by atoms with Gasteiger partial charge in [-0.15, -0.1) is 0 Å². The molecule has 0 spiro atoms. The second-order valence-electron chi connectivity index (χ2n) is 5.76. The highest BCUT2D eigenvalue weighted by atomic mass is 16.6. The molecule has 3 rings (SSSR count). The van der Waals surface area contributed by atoms with Gasteiger partial charge in [0.2, 0.25) is 5.91 Å². The van der Waals surface area contributed by atoms with Crippen LogP contribution in [0.3, 0.4) is 0 Å². The van der Waals surface area contributed by atoms with E-state index in [4.69, 9.17) is 9.47 Å². The maximum Gasteiger partial charge on any atom is 0.238 e. The van der Waals surface area contributed by atoms with Crippen molar-refractivity contribution in [2.75, 3.05) is 32.9 Å². The molecule has 2 fully saturated rings. The standard InChI is InChI=1S/C16H22N2O3/c1-11-3-4-14(12(2)7-11)16-17-8-15(19)18(16)9-13-10-20-5-6-21-13/h3-4,7,13,16-17H,5-6,8-10H2,1-2H3. The number of aryl methyl sites for hydroxylation is 2. The van der Waals surface area contributed by atoms with Crippen LogP contribution in [0.5, 0.6) is 0 Å². The van der Waals surface area contributed by atoms with Gasteiger partial charge in [0.05, 0.1) is 39.0 Å². The van der Waals surface area contributed by atoms with Crippen molar-refractivity contribution in [1.29, 1.82) is 0 Å². The number of benzene rings is 1. The van der Waals surface area contributed by atoms with E-state index >= 15 is 0 Å². The molecule has 0 radical (unpaired) electrons. The van der Waals surface area contributed by atoms with Crippen LogP contribution < -0.4 is 5.32 Å². The van der Waals surface area contributed by atoms with Crippen LogP contribution in [0, 0.1) is 13.8 Å². The Labute approximate surface area is 125 Å². The number of nitrogens with zero attached hydrogens (tertiary/aromatic N) is 1. The lowest BCUT2D eigenvalue weighted by Crippen LogP contribution is -2.42. The van der Waals surface area contributed by atoms with Crippen molar-refractivity contribution in [3.8, 4) is 0 Å². The average Bonchev–Trinajstić information content (AvgIpc) is 2.82. The summed E-state index contributed by atoms with van der Waals surface area (Å²) in [6, 6.07) is 6.34. The van der Waals surface area contributed by atoms with Crippen molar-refractivity contribution < 1.29 is 14.3 Å². The minimum absolute atomic E-state index is 0.0316. The first kappa shape index (κ1) is 14.5. The highest BCUT2D eigenvalue weighted by Gasteiger charge is 2.34. The molecule has 0 aliphatic carbocycles. The number of ether oxygens (including phenoxy) is 2. The lowest BCUT2D eigenvalue weighted by atomic mass is 10.0. The third-order valence-corrected chi connectivity index (χ3v) is 4.08. The average molecular weight is 290 g/mol. The quantitative estimate of drug-likeness (QED) is 0.907. The number of nitrogens with one attached hydrogen (secondary N) is 1. The lowest BCUT2D eigenvalue weighted by Gasteiger charge is -2.31. The maximum atomic E-state index is 12.2. The first-order valence-corrected chi connectivity index (χ1v) is 7.44. The number of amides is 1. The van der Waals surface area contributed by atoms with Gasteiger partial charge in [-0.1, -0.05) is 23.8 Å². The van der Waals surface area contributed by atoms with E-state index in [0.717, 1.165) is 5.56 Å². The van der Waals surface area contributed by atoms with Crippen molar-refractivity contribution in [1.82, 2.24) is 10.2 Å². The molecule has 0 saturated carbocycles. The molecule has 0 aromatic heterocycles. The van der Waals surface area contributed by atoms with Gasteiger partial charge in [-0.25, -0.2) is 0 Å². The van der Waals surface area contributed by atoms with Crippen molar-refractivity contribution in [3.05, 3.63) is 34.9 Å². The first-order chi connectivity index (χ1) is 10.1. The van der Waals surface area contributed by atoms with Crippen molar-refractivity contribution in [2.24, 2.45) is 0 Å². The molecule has 1 aromatic rings. The van der Waals surface area contributed by atoms with Crippen LogP contribution in [0.4, 0.5) is 0 Å². The zero-order valence-electron chi connectivity index (χ0n) is 12.6. The van der Waals surface area contributed by atoms with Crippen molar-refractivity contribution in [2.45, 2.75) is 26.1 Å². The smallest absolute Gasteiger partial charge is 0.238 e. The SMILES string of the molecule is Cc1ccc(C2NCC(=O)N2CC2COCCO2)c(C)c1. The predicted molar refractivity (Wildman–Crippen MR) is 78.9 cm³/mol. The van der Waals surface area contributed by atoms with E-state index in [1.807, 2.05) is 4.90 Å². The summed E-state index contributed by atoms with van der Waals surface area (Å²) in [5, 5.41) is 3.30. The van der Waals surface area contributed by atoms with E-state index in [0.29, 0.717) is 32.9 Å². The van der Waals surface area contributed by atoms with E-state index in [1.165, 1.54) is 11.1 Å². The Kier molecular flexibility index (Phi) is 4.24. The Hall–Kier alpha value is -1.43. The van der Waals surface area contributed by atoms with Gasteiger partial charge in [0.1, 0.15) is 6.17 Å². The van der Waals surface area contributed by atoms with Crippen molar-refractivity contribution in [3.63, 3.8) is 0 Å². The van der Waals surface area contributed by atoms with Crippen LogP contribution in [0.15, 0.2) is 18.2 Å². The molecule has 0 bridgehead atoms. The third-order valence-electron chi connectivity index (χ3n) is 4.08. The number of hydrogen-bond acceptors (Lipinski definition) is 4. The summed E-state index contributed by atoms with van der Waals surface area (Å²) < 4.78 is 11.1. The molecule has 2 heterocycles. The zero-order chi connectivity index (χ0) is 14.8. The normalized spacial score (nSPS) is 26.4. The molecular weight excluding hydrogens is 268 g/mol. The molecule has 5 nitrogen and oxygen atoms in total. The molecule has 2 unspecified atom stereocenters. The van der Waals surface area contributed by atoms with Gasteiger partial charge in [-0.2, -0.15) is 0 Å². The van der Waals surface area contributed by atoms with Crippen LogP contribution in [0.2, 0.25) is 0 Å². The monoisotopic (exact) mass is 290 g/mol. The molecule has 1 N–H and O–H groups in total. The van der Waals surface area contributed by atoms with Crippen LogP contribution in [0.1, 0.15) is 22.9 Å². The molecule has 2 atom stereocenters.